The summed E-state index contributed by atoms with van der Waals surface area (Å²) in [5.41, 5.74) is 1.35. The van der Waals surface area contributed by atoms with Crippen molar-refractivity contribution in [2.24, 2.45) is 0 Å². The molecule has 0 spiro atoms. The zero-order chi connectivity index (χ0) is 11.2. The van der Waals surface area contributed by atoms with E-state index < -0.39 is 5.97 Å². The maximum absolute atomic E-state index is 11.0. The van der Waals surface area contributed by atoms with Crippen LogP contribution < -0.4 is 0 Å². The van der Waals surface area contributed by atoms with Gasteiger partial charge in [0, 0.05) is 11.2 Å². The summed E-state index contributed by atoms with van der Waals surface area (Å²) in [5, 5.41) is 13.6. The minimum absolute atomic E-state index is 0.134. The van der Waals surface area contributed by atoms with Crippen molar-refractivity contribution in [3.05, 3.63) is 33.0 Å². The number of halogens is 2. The molecule has 0 aliphatic heterocycles. The molecular formula is C9H6BrClN2O2. The number of aryl methyl sites for hydroxylation is 1. The first-order chi connectivity index (χ1) is 7.02. The van der Waals surface area contributed by atoms with E-state index in [-0.39, 0.29) is 5.56 Å². The van der Waals surface area contributed by atoms with Crippen molar-refractivity contribution in [3.8, 4) is 0 Å². The molecule has 0 bridgehead atoms. The van der Waals surface area contributed by atoms with E-state index in [1.165, 1.54) is 4.52 Å². The van der Waals surface area contributed by atoms with Gasteiger partial charge in [-0.1, -0.05) is 11.6 Å². The fourth-order valence-corrected chi connectivity index (χ4v) is 2.11. The van der Waals surface area contributed by atoms with E-state index in [2.05, 4.69) is 21.0 Å². The fourth-order valence-electron chi connectivity index (χ4n) is 1.44. The number of fused-ring (bicyclic) bond motifs is 1. The first-order valence-electron chi connectivity index (χ1n) is 4.08. The van der Waals surface area contributed by atoms with Crippen LogP contribution in [0.2, 0.25) is 5.02 Å². The maximum atomic E-state index is 11.0. The highest BCUT2D eigenvalue weighted by molar-refractivity contribution is 9.10. The molecule has 15 heavy (non-hydrogen) atoms. The maximum Gasteiger partial charge on any atom is 0.340 e. The van der Waals surface area contributed by atoms with Gasteiger partial charge in [0.25, 0.3) is 0 Å². The number of rotatable bonds is 1. The molecule has 1 N–H and O–H groups in total. The summed E-state index contributed by atoms with van der Waals surface area (Å²) < 4.78 is 1.80. The van der Waals surface area contributed by atoms with Crippen LogP contribution in [-0.4, -0.2) is 20.7 Å². The molecule has 0 atom stereocenters. The van der Waals surface area contributed by atoms with Crippen molar-refractivity contribution < 1.29 is 9.90 Å². The van der Waals surface area contributed by atoms with Gasteiger partial charge in [0.05, 0.1) is 5.52 Å². The summed E-state index contributed by atoms with van der Waals surface area (Å²) in [4.78, 5) is 11.0. The van der Waals surface area contributed by atoms with E-state index in [9.17, 15) is 4.79 Å². The number of carbonyl (C=O) groups is 1. The zero-order valence-electron chi connectivity index (χ0n) is 7.66. The molecule has 0 amide bonds. The lowest BCUT2D eigenvalue weighted by atomic mass is 10.2. The van der Waals surface area contributed by atoms with Crippen LogP contribution >= 0.6 is 27.5 Å². The highest BCUT2D eigenvalue weighted by Gasteiger charge is 2.19. The van der Waals surface area contributed by atoms with Crippen molar-refractivity contribution in [3.63, 3.8) is 0 Å². The van der Waals surface area contributed by atoms with Crippen molar-refractivity contribution in [2.75, 3.05) is 0 Å². The number of carboxylic acid groups (broad SMARTS) is 1. The molecule has 78 valence electrons. The van der Waals surface area contributed by atoms with E-state index in [0.717, 1.165) is 0 Å². The first kappa shape index (κ1) is 10.4. The Morgan fingerprint density at radius 1 is 1.67 bits per heavy atom. The fraction of sp³-hybridized carbons (Fsp3) is 0.111. The topological polar surface area (TPSA) is 54.6 Å². The Balaban J connectivity index is 2.96. The molecule has 2 aromatic heterocycles. The van der Waals surface area contributed by atoms with Crippen LogP contribution in [-0.2, 0) is 0 Å². The Labute approximate surface area is 98.6 Å². The average Bonchev–Trinajstić information content (AvgIpc) is 2.49. The summed E-state index contributed by atoms with van der Waals surface area (Å²) in [6.07, 6.45) is 1.63. The molecule has 2 rings (SSSR count). The minimum Gasteiger partial charge on any atom is -0.478 e. The molecule has 0 fully saturated rings. The van der Waals surface area contributed by atoms with Crippen LogP contribution in [0.15, 0.2) is 16.9 Å². The molecule has 0 saturated heterocycles. The quantitative estimate of drug-likeness (QED) is 0.878. The van der Waals surface area contributed by atoms with Gasteiger partial charge in [-0.25, -0.2) is 9.31 Å². The Morgan fingerprint density at radius 2 is 2.33 bits per heavy atom. The third kappa shape index (κ3) is 1.52. The number of hydrogen-bond donors (Lipinski definition) is 1. The number of nitrogens with zero attached hydrogens (tertiary/aromatic N) is 2. The molecule has 0 radical (unpaired) electrons. The summed E-state index contributed by atoms with van der Waals surface area (Å²) in [6, 6.07) is 1.68. The second kappa shape index (κ2) is 3.50. The molecule has 0 saturated carbocycles. The lowest BCUT2D eigenvalue weighted by Gasteiger charge is -2.01. The predicted molar refractivity (Wildman–Crippen MR) is 59.6 cm³/mol. The molecule has 0 unspecified atom stereocenters. The second-order valence-corrected chi connectivity index (χ2v) is 4.21. The lowest BCUT2D eigenvalue weighted by molar-refractivity contribution is 0.0698. The lowest BCUT2D eigenvalue weighted by Crippen LogP contribution is -1.98. The SMILES string of the molecule is Cc1c(Cl)ccn2nc(Br)c(C(=O)O)c12. The summed E-state index contributed by atoms with van der Waals surface area (Å²) >= 11 is 9.04. The molecule has 4 nitrogen and oxygen atoms in total. The van der Waals surface area contributed by atoms with Crippen LogP contribution in [0.4, 0.5) is 0 Å². The zero-order valence-corrected chi connectivity index (χ0v) is 10.0. The van der Waals surface area contributed by atoms with E-state index in [0.29, 0.717) is 20.7 Å². The van der Waals surface area contributed by atoms with Crippen LogP contribution in [0.1, 0.15) is 15.9 Å². The summed E-state index contributed by atoms with van der Waals surface area (Å²) in [6.45, 7) is 1.76. The number of hydrogen-bond acceptors (Lipinski definition) is 2. The van der Waals surface area contributed by atoms with Gasteiger partial charge >= 0.3 is 5.97 Å². The highest BCUT2D eigenvalue weighted by atomic mass is 79.9. The van der Waals surface area contributed by atoms with Crippen molar-refractivity contribution in [1.29, 1.82) is 0 Å². The Kier molecular flexibility index (Phi) is 2.44. The number of aromatic nitrogens is 2. The summed E-state index contributed by atoms with van der Waals surface area (Å²) in [7, 11) is 0. The van der Waals surface area contributed by atoms with Crippen LogP contribution in [0.25, 0.3) is 5.52 Å². The van der Waals surface area contributed by atoms with Crippen molar-refractivity contribution in [1.82, 2.24) is 9.61 Å². The van der Waals surface area contributed by atoms with Gasteiger partial charge in [0.1, 0.15) is 10.2 Å². The number of pyridine rings is 1. The molecule has 2 heterocycles. The van der Waals surface area contributed by atoms with Gasteiger partial charge in [-0.05, 0) is 34.5 Å². The van der Waals surface area contributed by atoms with E-state index >= 15 is 0 Å². The Hall–Kier alpha value is -1.07. The van der Waals surface area contributed by atoms with Crippen LogP contribution in [0, 0.1) is 6.92 Å². The largest absolute Gasteiger partial charge is 0.478 e. The predicted octanol–water partition coefficient (Wildman–Crippen LogP) is 2.76. The van der Waals surface area contributed by atoms with Gasteiger partial charge in [-0.3, -0.25) is 0 Å². The Morgan fingerprint density at radius 3 is 2.93 bits per heavy atom. The molecule has 0 aliphatic carbocycles. The van der Waals surface area contributed by atoms with Crippen molar-refractivity contribution in [2.45, 2.75) is 6.92 Å². The molecule has 0 aliphatic rings. The minimum atomic E-state index is -1.03. The second-order valence-electron chi connectivity index (χ2n) is 3.05. The molecule has 2 aromatic rings. The average molecular weight is 290 g/mol. The van der Waals surface area contributed by atoms with Crippen molar-refractivity contribution >= 4 is 39.0 Å². The molecular weight excluding hydrogens is 283 g/mol. The Bertz CT molecular complexity index is 565. The van der Waals surface area contributed by atoms with E-state index in [4.69, 9.17) is 16.7 Å². The normalized spacial score (nSPS) is 10.9. The van der Waals surface area contributed by atoms with Crippen LogP contribution in [0.5, 0.6) is 0 Å². The van der Waals surface area contributed by atoms with Gasteiger partial charge in [0.2, 0.25) is 0 Å². The third-order valence-electron chi connectivity index (χ3n) is 2.16. The standard InChI is InChI=1S/C9H6BrClN2O2/c1-4-5(11)2-3-13-7(4)6(9(14)15)8(10)12-13/h2-3H,1H3,(H,14,15). The van der Waals surface area contributed by atoms with Gasteiger partial charge < -0.3 is 5.11 Å². The molecule has 0 aromatic carbocycles. The number of aromatic carboxylic acids is 1. The van der Waals surface area contributed by atoms with E-state index in [1.807, 2.05) is 0 Å². The summed E-state index contributed by atoms with van der Waals surface area (Å²) in [5.74, 6) is -1.03. The smallest absolute Gasteiger partial charge is 0.340 e. The first-order valence-corrected chi connectivity index (χ1v) is 5.25. The van der Waals surface area contributed by atoms with E-state index in [1.54, 1.807) is 19.2 Å². The third-order valence-corrected chi connectivity index (χ3v) is 3.12. The van der Waals surface area contributed by atoms with Gasteiger partial charge in [-0.2, -0.15) is 5.10 Å². The number of carboxylic acids is 1. The molecule has 6 heteroatoms. The monoisotopic (exact) mass is 288 g/mol. The van der Waals surface area contributed by atoms with Gasteiger partial charge in [0.15, 0.2) is 0 Å². The van der Waals surface area contributed by atoms with Gasteiger partial charge in [-0.15, -0.1) is 0 Å². The van der Waals surface area contributed by atoms with Crippen LogP contribution in [0.3, 0.4) is 0 Å². The highest BCUT2D eigenvalue weighted by Crippen LogP contribution is 2.27.